The molecule has 0 aliphatic carbocycles. The first-order valence-electron chi connectivity index (χ1n) is 6.83. The SMILES string of the molecule is CC(CC(=O)O)NC(=O)c1cc(NC(=O)C(C)C)ccc1Cl. The first kappa shape index (κ1) is 18.0. The van der Waals surface area contributed by atoms with E-state index in [1.165, 1.54) is 12.1 Å². The Hall–Kier alpha value is -2.08. The highest BCUT2D eigenvalue weighted by molar-refractivity contribution is 6.34. The summed E-state index contributed by atoms with van der Waals surface area (Å²) in [6.07, 6.45) is -0.187. The van der Waals surface area contributed by atoms with Crippen molar-refractivity contribution in [3.8, 4) is 0 Å². The molecule has 0 bridgehead atoms. The van der Waals surface area contributed by atoms with Gasteiger partial charge >= 0.3 is 5.97 Å². The molecule has 0 fully saturated rings. The maximum atomic E-state index is 12.1. The van der Waals surface area contributed by atoms with Crippen LogP contribution in [-0.4, -0.2) is 28.9 Å². The minimum Gasteiger partial charge on any atom is -0.481 e. The van der Waals surface area contributed by atoms with Crippen molar-refractivity contribution in [2.75, 3.05) is 5.32 Å². The normalized spacial score (nSPS) is 11.9. The van der Waals surface area contributed by atoms with E-state index >= 15 is 0 Å². The molecule has 1 atom stereocenters. The highest BCUT2D eigenvalue weighted by Crippen LogP contribution is 2.21. The number of carboxylic acids is 1. The standard InChI is InChI=1S/C15H19ClN2O4/c1-8(2)14(21)18-10-4-5-12(16)11(7-10)15(22)17-9(3)6-13(19)20/h4-5,7-9H,6H2,1-3H3,(H,17,22)(H,18,21)(H,19,20). The highest BCUT2D eigenvalue weighted by atomic mass is 35.5. The lowest BCUT2D eigenvalue weighted by Crippen LogP contribution is -2.34. The molecule has 3 N–H and O–H groups in total. The molecule has 2 amide bonds. The fraction of sp³-hybridized carbons (Fsp3) is 0.400. The zero-order valence-corrected chi connectivity index (χ0v) is 13.4. The van der Waals surface area contributed by atoms with Crippen LogP contribution in [0.25, 0.3) is 0 Å². The molecule has 0 saturated carbocycles. The smallest absolute Gasteiger partial charge is 0.305 e. The van der Waals surface area contributed by atoms with Crippen molar-refractivity contribution in [1.29, 1.82) is 0 Å². The number of amides is 2. The molecule has 1 rings (SSSR count). The van der Waals surface area contributed by atoms with Crippen molar-refractivity contribution in [2.24, 2.45) is 5.92 Å². The Morgan fingerprint density at radius 2 is 1.86 bits per heavy atom. The Morgan fingerprint density at radius 1 is 1.23 bits per heavy atom. The minimum atomic E-state index is -1.00. The van der Waals surface area contributed by atoms with Crippen LogP contribution >= 0.6 is 11.6 Å². The molecule has 0 saturated heterocycles. The average Bonchev–Trinajstić information content (AvgIpc) is 2.39. The van der Waals surface area contributed by atoms with Crippen LogP contribution in [0.5, 0.6) is 0 Å². The summed E-state index contributed by atoms with van der Waals surface area (Å²) in [4.78, 5) is 34.4. The largest absolute Gasteiger partial charge is 0.481 e. The molecular weight excluding hydrogens is 308 g/mol. The number of carbonyl (C=O) groups is 3. The van der Waals surface area contributed by atoms with Gasteiger partial charge in [0.1, 0.15) is 0 Å². The lowest BCUT2D eigenvalue weighted by Gasteiger charge is -2.14. The molecule has 0 aliphatic rings. The predicted molar refractivity (Wildman–Crippen MR) is 84.1 cm³/mol. The van der Waals surface area contributed by atoms with Gasteiger partial charge in [0.15, 0.2) is 0 Å². The minimum absolute atomic E-state index is 0.173. The summed E-state index contributed by atoms with van der Waals surface area (Å²) < 4.78 is 0. The molecule has 0 aromatic heterocycles. The molecule has 1 unspecified atom stereocenters. The third-order valence-electron chi connectivity index (χ3n) is 2.86. The van der Waals surface area contributed by atoms with Gasteiger partial charge in [-0.1, -0.05) is 25.4 Å². The molecule has 6 nitrogen and oxygen atoms in total. The van der Waals surface area contributed by atoms with Crippen LogP contribution < -0.4 is 10.6 Å². The maximum Gasteiger partial charge on any atom is 0.305 e. The monoisotopic (exact) mass is 326 g/mol. The third-order valence-corrected chi connectivity index (χ3v) is 3.19. The van der Waals surface area contributed by atoms with Crippen molar-refractivity contribution < 1.29 is 19.5 Å². The molecule has 7 heteroatoms. The number of hydrogen-bond donors (Lipinski definition) is 3. The number of halogens is 1. The summed E-state index contributed by atoms with van der Waals surface area (Å²) in [6, 6.07) is 4.04. The zero-order valence-electron chi connectivity index (χ0n) is 12.6. The second-order valence-corrected chi connectivity index (χ2v) is 5.72. The fourth-order valence-electron chi connectivity index (χ4n) is 1.68. The number of hydrogen-bond acceptors (Lipinski definition) is 3. The van der Waals surface area contributed by atoms with Crippen LogP contribution in [0.4, 0.5) is 5.69 Å². The van der Waals surface area contributed by atoms with E-state index in [1.54, 1.807) is 26.8 Å². The van der Waals surface area contributed by atoms with Gasteiger partial charge in [0.2, 0.25) is 5.91 Å². The van der Waals surface area contributed by atoms with Crippen LogP contribution in [0.15, 0.2) is 18.2 Å². The third kappa shape index (κ3) is 5.37. The Morgan fingerprint density at radius 3 is 2.41 bits per heavy atom. The van der Waals surface area contributed by atoms with Crippen molar-refractivity contribution in [2.45, 2.75) is 33.2 Å². The predicted octanol–water partition coefficient (Wildman–Crippen LogP) is 2.53. The molecule has 120 valence electrons. The number of anilines is 1. The fourth-order valence-corrected chi connectivity index (χ4v) is 1.88. The first-order chi connectivity index (χ1) is 10.2. The van der Waals surface area contributed by atoms with Crippen molar-refractivity contribution in [1.82, 2.24) is 5.32 Å². The number of aliphatic carboxylic acids is 1. The van der Waals surface area contributed by atoms with Gasteiger partial charge in [-0.2, -0.15) is 0 Å². The number of carboxylic acid groups (broad SMARTS) is 1. The average molecular weight is 327 g/mol. The van der Waals surface area contributed by atoms with Crippen LogP contribution in [0.3, 0.4) is 0 Å². The van der Waals surface area contributed by atoms with Gasteiger partial charge in [-0.15, -0.1) is 0 Å². The van der Waals surface area contributed by atoms with E-state index in [4.69, 9.17) is 16.7 Å². The zero-order chi connectivity index (χ0) is 16.9. The van der Waals surface area contributed by atoms with E-state index < -0.39 is 17.9 Å². The summed E-state index contributed by atoms with van der Waals surface area (Å²) in [5.41, 5.74) is 0.639. The van der Waals surface area contributed by atoms with E-state index in [-0.39, 0.29) is 28.8 Å². The van der Waals surface area contributed by atoms with Gasteiger partial charge in [0.25, 0.3) is 5.91 Å². The molecular formula is C15H19ClN2O4. The maximum absolute atomic E-state index is 12.1. The van der Waals surface area contributed by atoms with Gasteiger partial charge in [0.05, 0.1) is 17.0 Å². The van der Waals surface area contributed by atoms with Gasteiger partial charge in [0, 0.05) is 17.6 Å². The molecule has 1 aromatic rings. The summed E-state index contributed by atoms with van der Waals surface area (Å²) in [5, 5.41) is 14.1. The molecule has 1 aromatic carbocycles. The Balaban J connectivity index is 2.87. The van der Waals surface area contributed by atoms with Gasteiger partial charge in [-0.05, 0) is 25.1 Å². The van der Waals surface area contributed by atoms with E-state index in [9.17, 15) is 14.4 Å². The second kappa shape index (κ2) is 7.79. The van der Waals surface area contributed by atoms with Gasteiger partial charge < -0.3 is 15.7 Å². The summed E-state index contributed by atoms with van der Waals surface area (Å²) in [7, 11) is 0. The highest BCUT2D eigenvalue weighted by Gasteiger charge is 2.16. The van der Waals surface area contributed by atoms with Crippen LogP contribution in [0, 0.1) is 5.92 Å². The van der Waals surface area contributed by atoms with E-state index in [0.717, 1.165) is 0 Å². The molecule has 0 spiro atoms. The lowest BCUT2D eigenvalue weighted by molar-refractivity contribution is -0.137. The first-order valence-corrected chi connectivity index (χ1v) is 7.21. The molecule has 22 heavy (non-hydrogen) atoms. The van der Waals surface area contributed by atoms with Crippen LogP contribution in [0.2, 0.25) is 5.02 Å². The molecule has 0 radical (unpaired) electrons. The van der Waals surface area contributed by atoms with Crippen molar-refractivity contribution >= 4 is 35.1 Å². The van der Waals surface area contributed by atoms with Crippen LogP contribution in [-0.2, 0) is 9.59 Å². The molecule has 0 aliphatic heterocycles. The molecule has 0 heterocycles. The number of carbonyl (C=O) groups excluding carboxylic acids is 2. The Labute approximate surface area is 133 Å². The van der Waals surface area contributed by atoms with E-state index in [2.05, 4.69) is 10.6 Å². The van der Waals surface area contributed by atoms with Gasteiger partial charge in [-0.25, -0.2) is 0 Å². The van der Waals surface area contributed by atoms with E-state index in [0.29, 0.717) is 5.69 Å². The number of nitrogens with one attached hydrogen (secondary N) is 2. The summed E-state index contributed by atoms with van der Waals surface area (Å²) >= 11 is 5.99. The lowest BCUT2D eigenvalue weighted by atomic mass is 10.1. The number of rotatable bonds is 6. The summed E-state index contributed by atoms with van der Waals surface area (Å²) in [6.45, 7) is 5.10. The topological polar surface area (TPSA) is 95.5 Å². The van der Waals surface area contributed by atoms with Gasteiger partial charge in [-0.3, -0.25) is 14.4 Å². The second-order valence-electron chi connectivity index (χ2n) is 5.31. The van der Waals surface area contributed by atoms with Crippen molar-refractivity contribution in [3.63, 3.8) is 0 Å². The quantitative estimate of drug-likeness (QED) is 0.748. The van der Waals surface area contributed by atoms with Crippen LogP contribution in [0.1, 0.15) is 37.6 Å². The van der Waals surface area contributed by atoms with E-state index in [1.807, 2.05) is 0 Å². The Bertz CT molecular complexity index is 587. The summed E-state index contributed by atoms with van der Waals surface area (Å²) in [5.74, 6) is -1.85. The Kier molecular flexibility index (Phi) is 6.37. The number of benzene rings is 1. The van der Waals surface area contributed by atoms with Crippen molar-refractivity contribution in [3.05, 3.63) is 28.8 Å².